The lowest BCUT2D eigenvalue weighted by Crippen LogP contribution is -2.42. The molecule has 1 saturated heterocycles. The van der Waals surface area contributed by atoms with Crippen LogP contribution in [-0.4, -0.2) is 35.5 Å². The molecule has 0 bridgehead atoms. The van der Waals surface area contributed by atoms with Crippen LogP contribution in [0.3, 0.4) is 0 Å². The van der Waals surface area contributed by atoms with Crippen LogP contribution in [0, 0.1) is 0 Å². The number of benzene rings is 2. The molecule has 0 spiro atoms. The van der Waals surface area contributed by atoms with Crippen molar-refractivity contribution >= 4 is 41.7 Å². The van der Waals surface area contributed by atoms with Gasteiger partial charge in [-0.3, -0.25) is 0 Å². The summed E-state index contributed by atoms with van der Waals surface area (Å²) in [5, 5.41) is 0. The SMILES string of the molecule is I.NC(=NCc1cccc(COc2ccccc2)c1)N1CCSCC1. The lowest BCUT2D eigenvalue weighted by Gasteiger charge is -2.27. The van der Waals surface area contributed by atoms with E-state index in [1.165, 1.54) is 0 Å². The molecule has 0 radical (unpaired) electrons. The molecule has 4 nitrogen and oxygen atoms in total. The van der Waals surface area contributed by atoms with Gasteiger partial charge in [-0.25, -0.2) is 4.99 Å². The third-order valence-corrected chi connectivity index (χ3v) is 4.84. The number of nitrogens with two attached hydrogens (primary N) is 1. The molecular formula is C19H24IN3OS. The second-order valence-electron chi connectivity index (χ2n) is 5.70. The molecule has 2 aromatic carbocycles. The Kier molecular flexibility index (Phi) is 8.40. The van der Waals surface area contributed by atoms with E-state index >= 15 is 0 Å². The van der Waals surface area contributed by atoms with Gasteiger partial charge in [0.2, 0.25) is 0 Å². The molecule has 1 aliphatic heterocycles. The summed E-state index contributed by atoms with van der Waals surface area (Å²) in [5.74, 6) is 3.79. The van der Waals surface area contributed by atoms with Gasteiger partial charge in [0.05, 0.1) is 6.54 Å². The highest BCUT2D eigenvalue weighted by Crippen LogP contribution is 2.13. The van der Waals surface area contributed by atoms with Crippen molar-refractivity contribution in [2.24, 2.45) is 10.7 Å². The molecule has 1 heterocycles. The van der Waals surface area contributed by atoms with Crippen LogP contribution in [-0.2, 0) is 13.2 Å². The first kappa shape index (κ1) is 19.9. The van der Waals surface area contributed by atoms with Gasteiger partial charge in [0.25, 0.3) is 0 Å². The number of nitrogens with zero attached hydrogens (tertiary/aromatic N) is 2. The maximum absolute atomic E-state index is 6.11. The lowest BCUT2D eigenvalue weighted by atomic mass is 10.1. The first-order chi connectivity index (χ1) is 11.8. The predicted octanol–water partition coefficient (Wildman–Crippen LogP) is 3.75. The molecule has 0 aromatic heterocycles. The molecule has 0 amide bonds. The zero-order chi connectivity index (χ0) is 16.6. The van der Waals surface area contributed by atoms with E-state index in [4.69, 9.17) is 10.5 Å². The van der Waals surface area contributed by atoms with Crippen molar-refractivity contribution in [2.45, 2.75) is 13.2 Å². The van der Waals surface area contributed by atoms with Crippen molar-refractivity contribution in [1.82, 2.24) is 4.90 Å². The summed E-state index contributed by atoms with van der Waals surface area (Å²) >= 11 is 1.97. The molecule has 0 aliphatic carbocycles. The standard InChI is InChI=1S/C19H23N3OS.HI/c20-19(22-9-11-24-12-10-22)21-14-16-5-4-6-17(13-16)15-23-18-7-2-1-3-8-18;/h1-8,13H,9-12,14-15H2,(H2,20,21);1H. The van der Waals surface area contributed by atoms with E-state index in [2.05, 4.69) is 28.1 Å². The second-order valence-corrected chi connectivity index (χ2v) is 6.92. The average molecular weight is 469 g/mol. The van der Waals surface area contributed by atoms with Gasteiger partial charge in [-0.15, -0.1) is 24.0 Å². The van der Waals surface area contributed by atoms with E-state index in [1.54, 1.807) is 0 Å². The van der Waals surface area contributed by atoms with Crippen molar-refractivity contribution in [3.63, 3.8) is 0 Å². The first-order valence-electron chi connectivity index (χ1n) is 8.19. The Morgan fingerprint density at radius 3 is 2.52 bits per heavy atom. The van der Waals surface area contributed by atoms with Crippen LogP contribution in [0.5, 0.6) is 5.75 Å². The van der Waals surface area contributed by atoms with Crippen molar-refractivity contribution in [3.05, 3.63) is 65.7 Å². The lowest BCUT2D eigenvalue weighted by molar-refractivity contribution is 0.306. The molecular weight excluding hydrogens is 445 g/mol. The van der Waals surface area contributed by atoms with Crippen molar-refractivity contribution in [3.8, 4) is 5.75 Å². The van der Waals surface area contributed by atoms with Crippen LogP contribution < -0.4 is 10.5 Å². The Hall–Kier alpha value is -1.41. The van der Waals surface area contributed by atoms with Gasteiger partial charge in [-0.05, 0) is 23.3 Å². The van der Waals surface area contributed by atoms with Crippen molar-refractivity contribution in [1.29, 1.82) is 0 Å². The summed E-state index contributed by atoms with van der Waals surface area (Å²) in [6, 6.07) is 18.2. The van der Waals surface area contributed by atoms with E-state index in [1.807, 2.05) is 48.2 Å². The normalized spacial score (nSPS) is 14.7. The minimum absolute atomic E-state index is 0. The van der Waals surface area contributed by atoms with E-state index < -0.39 is 0 Å². The van der Waals surface area contributed by atoms with E-state index in [-0.39, 0.29) is 24.0 Å². The molecule has 134 valence electrons. The Morgan fingerprint density at radius 1 is 1.04 bits per heavy atom. The molecule has 2 aromatic rings. The first-order valence-corrected chi connectivity index (χ1v) is 9.35. The minimum atomic E-state index is 0. The molecule has 25 heavy (non-hydrogen) atoms. The summed E-state index contributed by atoms with van der Waals surface area (Å²) in [6.45, 7) is 3.14. The average Bonchev–Trinajstić information content (AvgIpc) is 2.66. The Balaban J connectivity index is 0.00000225. The number of halogens is 1. The van der Waals surface area contributed by atoms with Gasteiger partial charge in [0, 0.05) is 24.6 Å². The maximum atomic E-state index is 6.11. The highest BCUT2D eigenvalue weighted by atomic mass is 127. The number of guanidine groups is 1. The van der Waals surface area contributed by atoms with Gasteiger partial charge < -0.3 is 15.4 Å². The minimum Gasteiger partial charge on any atom is -0.489 e. The van der Waals surface area contributed by atoms with Gasteiger partial charge in [0.1, 0.15) is 12.4 Å². The zero-order valence-electron chi connectivity index (χ0n) is 14.1. The highest BCUT2D eigenvalue weighted by molar-refractivity contribution is 14.0. The van der Waals surface area contributed by atoms with Gasteiger partial charge in [-0.2, -0.15) is 11.8 Å². The topological polar surface area (TPSA) is 50.9 Å². The van der Waals surface area contributed by atoms with Crippen LogP contribution >= 0.6 is 35.7 Å². The van der Waals surface area contributed by atoms with Gasteiger partial charge in [-0.1, -0.05) is 42.5 Å². The third-order valence-electron chi connectivity index (χ3n) is 3.90. The number of aliphatic imine (C=N–C) groups is 1. The quantitative estimate of drug-likeness (QED) is 0.412. The van der Waals surface area contributed by atoms with Gasteiger partial charge >= 0.3 is 0 Å². The Labute approximate surface area is 170 Å². The summed E-state index contributed by atoms with van der Waals surface area (Å²) in [4.78, 5) is 6.71. The van der Waals surface area contributed by atoms with E-state index in [9.17, 15) is 0 Å². The third kappa shape index (κ3) is 6.43. The van der Waals surface area contributed by atoms with Crippen LogP contribution in [0.1, 0.15) is 11.1 Å². The number of para-hydroxylation sites is 1. The monoisotopic (exact) mass is 469 g/mol. The van der Waals surface area contributed by atoms with Crippen LogP contribution in [0.15, 0.2) is 59.6 Å². The molecule has 0 saturated carbocycles. The Morgan fingerprint density at radius 2 is 1.76 bits per heavy atom. The molecule has 1 aliphatic rings. The zero-order valence-corrected chi connectivity index (χ0v) is 17.3. The van der Waals surface area contributed by atoms with Gasteiger partial charge in [0.15, 0.2) is 5.96 Å². The Bertz CT molecular complexity index is 675. The largest absolute Gasteiger partial charge is 0.489 e. The number of hydrogen-bond donors (Lipinski definition) is 1. The van der Waals surface area contributed by atoms with Crippen LogP contribution in [0.2, 0.25) is 0 Å². The predicted molar refractivity (Wildman–Crippen MR) is 117 cm³/mol. The number of rotatable bonds is 5. The summed E-state index contributed by atoms with van der Waals surface area (Å²) in [7, 11) is 0. The molecule has 3 rings (SSSR count). The molecule has 2 N–H and O–H groups in total. The molecule has 6 heteroatoms. The number of ether oxygens (including phenoxy) is 1. The summed E-state index contributed by atoms with van der Waals surface area (Å²) in [5.41, 5.74) is 8.40. The number of hydrogen-bond acceptors (Lipinski definition) is 3. The fourth-order valence-electron chi connectivity index (χ4n) is 2.57. The smallest absolute Gasteiger partial charge is 0.191 e. The summed E-state index contributed by atoms with van der Waals surface area (Å²) < 4.78 is 5.80. The van der Waals surface area contributed by atoms with E-state index in [0.717, 1.165) is 41.5 Å². The van der Waals surface area contributed by atoms with Crippen LogP contribution in [0.25, 0.3) is 0 Å². The van der Waals surface area contributed by atoms with E-state index in [0.29, 0.717) is 19.1 Å². The van der Waals surface area contributed by atoms with Crippen LogP contribution in [0.4, 0.5) is 0 Å². The fourth-order valence-corrected chi connectivity index (χ4v) is 3.47. The fraction of sp³-hybridized carbons (Fsp3) is 0.316. The summed E-state index contributed by atoms with van der Waals surface area (Å²) in [6.07, 6.45) is 0. The van der Waals surface area contributed by atoms with Crippen molar-refractivity contribution < 1.29 is 4.74 Å². The van der Waals surface area contributed by atoms with Crippen molar-refractivity contribution in [2.75, 3.05) is 24.6 Å². The molecule has 0 atom stereocenters. The second kappa shape index (κ2) is 10.6. The molecule has 0 unspecified atom stereocenters. The maximum Gasteiger partial charge on any atom is 0.191 e. The number of thioether (sulfide) groups is 1. The highest BCUT2D eigenvalue weighted by Gasteiger charge is 2.11. The molecule has 1 fully saturated rings.